The van der Waals surface area contributed by atoms with E-state index < -0.39 is 0 Å². The van der Waals surface area contributed by atoms with E-state index in [4.69, 9.17) is 0 Å². The lowest BCUT2D eigenvalue weighted by Crippen LogP contribution is -2.49. The quantitative estimate of drug-likeness (QED) is 0.803. The molecule has 1 aromatic rings. The summed E-state index contributed by atoms with van der Waals surface area (Å²) in [4.78, 5) is 30.8. The fourth-order valence-corrected chi connectivity index (χ4v) is 5.31. The first-order valence-corrected chi connectivity index (χ1v) is 10.3. The Labute approximate surface area is 162 Å². The minimum Gasteiger partial charge on any atom is -0.349 e. The average Bonchev–Trinajstić information content (AvgIpc) is 3.30. The highest BCUT2D eigenvalue weighted by Gasteiger charge is 2.46. The van der Waals surface area contributed by atoms with Gasteiger partial charge >= 0.3 is 6.03 Å². The SMILES string of the molecule is CN(C)C(=O)CC1CC2(CCN(C(=O)N3CCCC3)CC2)c2ccccc21. The van der Waals surface area contributed by atoms with Crippen molar-refractivity contribution in [1.82, 2.24) is 14.7 Å². The van der Waals surface area contributed by atoms with Gasteiger partial charge in [-0.3, -0.25) is 4.79 Å². The Kier molecular flexibility index (Phi) is 4.87. The van der Waals surface area contributed by atoms with Crippen molar-refractivity contribution >= 4 is 11.9 Å². The van der Waals surface area contributed by atoms with Gasteiger partial charge in [0.05, 0.1) is 0 Å². The molecule has 0 saturated carbocycles. The molecule has 2 saturated heterocycles. The number of benzene rings is 1. The zero-order valence-corrected chi connectivity index (χ0v) is 16.6. The van der Waals surface area contributed by atoms with Crippen molar-refractivity contribution < 1.29 is 9.59 Å². The lowest BCUT2D eigenvalue weighted by molar-refractivity contribution is -0.129. The summed E-state index contributed by atoms with van der Waals surface area (Å²) in [6, 6.07) is 8.91. The molecule has 0 N–H and O–H groups in total. The molecule has 2 fully saturated rings. The van der Waals surface area contributed by atoms with Gasteiger partial charge in [0.15, 0.2) is 0 Å². The standard InChI is InChI=1S/C22H31N3O2/c1-23(2)20(26)15-17-16-22(19-8-4-3-7-18(17)19)9-13-25(14-10-22)21(27)24-11-5-6-12-24/h3-4,7-8,17H,5-6,9-16H2,1-2H3. The van der Waals surface area contributed by atoms with Crippen LogP contribution in [0.15, 0.2) is 24.3 Å². The Bertz CT molecular complexity index is 716. The number of amides is 3. The second-order valence-corrected chi connectivity index (χ2v) is 8.72. The molecule has 5 heteroatoms. The Morgan fingerprint density at radius 3 is 2.33 bits per heavy atom. The molecule has 146 valence electrons. The van der Waals surface area contributed by atoms with Gasteiger partial charge in [-0.2, -0.15) is 0 Å². The molecule has 4 rings (SSSR count). The predicted molar refractivity (Wildman–Crippen MR) is 106 cm³/mol. The molecule has 1 aliphatic carbocycles. The van der Waals surface area contributed by atoms with E-state index in [-0.39, 0.29) is 17.4 Å². The van der Waals surface area contributed by atoms with Crippen LogP contribution in [0.2, 0.25) is 0 Å². The molecule has 1 unspecified atom stereocenters. The van der Waals surface area contributed by atoms with Crippen LogP contribution in [0.3, 0.4) is 0 Å². The molecular weight excluding hydrogens is 338 g/mol. The summed E-state index contributed by atoms with van der Waals surface area (Å²) in [6.07, 6.45) is 5.92. The maximum Gasteiger partial charge on any atom is 0.319 e. The number of hydrogen-bond acceptors (Lipinski definition) is 2. The number of urea groups is 1. The maximum absolute atomic E-state index is 12.7. The molecule has 27 heavy (non-hydrogen) atoms. The zero-order chi connectivity index (χ0) is 19.0. The van der Waals surface area contributed by atoms with Gasteiger partial charge in [0.2, 0.25) is 5.91 Å². The van der Waals surface area contributed by atoms with E-state index in [2.05, 4.69) is 29.2 Å². The molecule has 2 aliphatic heterocycles. The Hall–Kier alpha value is -2.04. The van der Waals surface area contributed by atoms with Crippen LogP contribution in [-0.4, -0.2) is 66.9 Å². The first-order chi connectivity index (χ1) is 13.0. The summed E-state index contributed by atoms with van der Waals surface area (Å²) in [5, 5.41) is 0. The lowest BCUT2D eigenvalue weighted by atomic mass is 9.73. The van der Waals surface area contributed by atoms with Crippen LogP contribution in [0.1, 0.15) is 55.6 Å². The summed E-state index contributed by atoms with van der Waals surface area (Å²) < 4.78 is 0. The van der Waals surface area contributed by atoms with Crippen LogP contribution in [0.25, 0.3) is 0 Å². The van der Waals surface area contributed by atoms with Gasteiger partial charge < -0.3 is 14.7 Å². The molecular formula is C22H31N3O2. The smallest absolute Gasteiger partial charge is 0.319 e. The summed E-state index contributed by atoms with van der Waals surface area (Å²) in [6.45, 7) is 3.49. The topological polar surface area (TPSA) is 43.9 Å². The van der Waals surface area contributed by atoms with Crippen molar-refractivity contribution in [3.8, 4) is 0 Å². The molecule has 0 bridgehead atoms. The van der Waals surface area contributed by atoms with E-state index in [0.717, 1.165) is 58.3 Å². The van der Waals surface area contributed by atoms with E-state index in [9.17, 15) is 9.59 Å². The largest absolute Gasteiger partial charge is 0.349 e. The fraction of sp³-hybridized carbons (Fsp3) is 0.636. The highest BCUT2D eigenvalue weighted by molar-refractivity contribution is 5.77. The van der Waals surface area contributed by atoms with Gasteiger partial charge in [0.25, 0.3) is 0 Å². The van der Waals surface area contributed by atoms with Crippen LogP contribution in [0, 0.1) is 0 Å². The van der Waals surface area contributed by atoms with Crippen LogP contribution in [-0.2, 0) is 10.2 Å². The van der Waals surface area contributed by atoms with Crippen molar-refractivity contribution in [2.24, 2.45) is 0 Å². The van der Waals surface area contributed by atoms with Gasteiger partial charge in [-0.15, -0.1) is 0 Å². The number of fused-ring (bicyclic) bond motifs is 2. The molecule has 1 aromatic carbocycles. The highest BCUT2D eigenvalue weighted by atomic mass is 16.2. The molecule has 3 aliphatic rings. The molecule has 0 radical (unpaired) electrons. The van der Waals surface area contributed by atoms with Gasteiger partial charge in [0.1, 0.15) is 0 Å². The molecule has 5 nitrogen and oxygen atoms in total. The number of piperidine rings is 1. The third-order valence-corrected chi connectivity index (χ3v) is 6.90. The number of hydrogen-bond donors (Lipinski definition) is 0. The highest BCUT2D eigenvalue weighted by Crippen LogP contribution is 2.52. The third kappa shape index (κ3) is 3.32. The second kappa shape index (κ2) is 7.17. The second-order valence-electron chi connectivity index (χ2n) is 8.72. The Balaban J connectivity index is 1.49. The van der Waals surface area contributed by atoms with Crippen molar-refractivity contribution in [3.63, 3.8) is 0 Å². The van der Waals surface area contributed by atoms with E-state index in [1.54, 1.807) is 4.90 Å². The van der Waals surface area contributed by atoms with Gasteiger partial charge in [-0.05, 0) is 54.6 Å². The van der Waals surface area contributed by atoms with Gasteiger partial charge in [-0.1, -0.05) is 24.3 Å². The maximum atomic E-state index is 12.7. The number of carbonyl (C=O) groups excluding carboxylic acids is 2. The Morgan fingerprint density at radius 1 is 1.04 bits per heavy atom. The number of rotatable bonds is 2. The van der Waals surface area contributed by atoms with Crippen molar-refractivity contribution in [2.45, 2.75) is 49.9 Å². The first kappa shape index (κ1) is 18.3. The summed E-state index contributed by atoms with van der Waals surface area (Å²) in [7, 11) is 3.67. The number of nitrogens with zero attached hydrogens (tertiary/aromatic N) is 3. The minimum atomic E-state index is 0.135. The van der Waals surface area contributed by atoms with E-state index in [1.165, 1.54) is 11.1 Å². The van der Waals surface area contributed by atoms with Crippen molar-refractivity contribution in [1.29, 1.82) is 0 Å². The molecule has 3 amide bonds. The molecule has 2 heterocycles. The molecule has 0 aromatic heterocycles. The summed E-state index contributed by atoms with van der Waals surface area (Å²) in [5.74, 6) is 0.505. The lowest BCUT2D eigenvalue weighted by Gasteiger charge is -2.41. The van der Waals surface area contributed by atoms with Gasteiger partial charge in [-0.25, -0.2) is 4.79 Å². The van der Waals surface area contributed by atoms with E-state index in [0.29, 0.717) is 12.3 Å². The van der Waals surface area contributed by atoms with E-state index in [1.807, 2.05) is 19.0 Å². The fourth-order valence-electron chi connectivity index (χ4n) is 5.31. The molecule has 1 atom stereocenters. The minimum absolute atomic E-state index is 0.135. The molecule has 1 spiro atoms. The van der Waals surface area contributed by atoms with Crippen molar-refractivity contribution in [2.75, 3.05) is 40.3 Å². The average molecular weight is 370 g/mol. The summed E-state index contributed by atoms with van der Waals surface area (Å²) >= 11 is 0. The predicted octanol–water partition coefficient (Wildman–Crippen LogP) is 3.20. The van der Waals surface area contributed by atoms with Crippen LogP contribution >= 0.6 is 0 Å². The Morgan fingerprint density at radius 2 is 1.67 bits per heavy atom. The monoisotopic (exact) mass is 369 g/mol. The number of likely N-dealkylation sites (tertiary alicyclic amines) is 2. The van der Waals surface area contributed by atoms with Crippen LogP contribution in [0.4, 0.5) is 4.79 Å². The van der Waals surface area contributed by atoms with Crippen molar-refractivity contribution in [3.05, 3.63) is 35.4 Å². The normalized spacial score (nSPS) is 23.6. The van der Waals surface area contributed by atoms with E-state index >= 15 is 0 Å². The van der Waals surface area contributed by atoms with Crippen LogP contribution < -0.4 is 0 Å². The first-order valence-electron chi connectivity index (χ1n) is 10.3. The third-order valence-electron chi connectivity index (χ3n) is 6.90. The summed E-state index contributed by atoms with van der Waals surface area (Å²) in [5.41, 5.74) is 2.91. The number of carbonyl (C=O) groups is 2. The zero-order valence-electron chi connectivity index (χ0n) is 16.6. The van der Waals surface area contributed by atoms with Gasteiger partial charge in [0, 0.05) is 46.7 Å². The van der Waals surface area contributed by atoms with Crippen LogP contribution in [0.5, 0.6) is 0 Å².